The third-order valence-corrected chi connectivity index (χ3v) is 3.03. The Morgan fingerprint density at radius 1 is 1.47 bits per heavy atom. The summed E-state index contributed by atoms with van der Waals surface area (Å²) in [6, 6.07) is 4.97. The van der Waals surface area contributed by atoms with E-state index >= 15 is 0 Å². The number of aryl methyl sites for hydroxylation is 1. The van der Waals surface area contributed by atoms with E-state index in [9.17, 15) is 4.79 Å². The van der Waals surface area contributed by atoms with Crippen LogP contribution in [0.25, 0.3) is 0 Å². The van der Waals surface area contributed by atoms with Crippen LogP contribution in [-0.2, 0) is 13.2 Å². The highest BCUT2D eigenvalue weighted by molar-refractivity contribution is 6.32. The fraction of sp³-hybridized carbons (Fsp3) is 0.286. The third kappa shape index (κ3) is 3.35. The summed E-state index contributed by atoms with van der Waals surface area (Å²) in [7, 11) is 0. The van der Waals surface area contributed by atoms with Crippen LogP contribution in [0.4, 0.5) is 0 Å². The number of carbonyl (C=O) groups excluding carboxylic acids is 1. The topological polar surface area (TPSA) is 44.1 Å². The molecule has 1 heterocycles. The molecule has 1 aromatic heterocycles. The van der Waals surface area contributed by atoms with Crippen molar-refractivity contribution < 1.29 is 9.53 Å². The zero-order chi connectivity index (χ0) is 13.7. The highest BCUT2D eigenvalue weighted by Gasteiger charge is 2.06. The Labute approximate surface area is 117 Å². The molecule has 0 fully saturated rings. The number of carbonyl (C=O) groups is 1. The smallest absolute Gasteiger partial charge is 0.150 e. The Morgan fingerprint density at radius 2 is 2.32 bits per heavy atom. The van der Waals surface area contributed by atoms with E-state index in [0.29, 0.717) is 22.9 Å². The molecule has 2 rings (SSSR count). The number of nitrogens with zero attached hydrogens (tertiary/aromatic N) is 2. The molecular formula is C14H15ClN2O2. The maximum atomic E-state index is 10.6. The van der Waals surface area contributed by atoms with Crippen LogP contribution in [0.15, 0.2) is 30.7 Å². The summed E-state index contributed by atoms with van der Waals surface area (Å²) < 4.78 is 7.71. The summed E-state index contributed by atoms with van der Waals surface area (Å²) in [5.41, 5.74) is 1.53. The van der Waals surface area contributed by atoms with Crippen molar-refractivity contribution >= 4 is 17.9 Å². The van der Waals surface area contributed by atoms with Crippen molar-refractivity contribution in [3.8, 4) is 5.75 Å². The minimum atomic E-state index is 0.403. The summed E-state index contributed by atoms with van der Waals surface area (Å²) in [5.74, 6) is 0.566. The SMILES string of the molecule is CCCn1cncc1COc1ccc(C=O)cc1Cl. The zero-order valence-electron chi connectivity index (χ0n) is 10.7. The van der Waals surface area contributed by atoms with E-state index < -0.39 is 0 Å². The first-order valence-corrected chi connectivity index (χ1v) is 6.49. The molecule has 0 N–H and O–H groups in total. The maximum absolute atomic E-state index is 10.6. The lowest BCUT2D eigenvalue weighted by Crippen LogP contribution is -2.05. The second-order valence-corrected chi connectivity index (χ2v) is 4.58. The lowest BCUT2D eigenvalue weighted by molar-refractivity contribution is 0.112. The molecule has 2 aromatic rings. The zero-order valence-corrected chi connectivity index (χ0v) is 11.4. The molecular weight excluding hydrogens is 264 g/mol. The van der Waals surface area contributed by atoms with Crippen LogP contribution in [0.2, 0.25) is 5.02 Å². The molecule has 0 saturated carbocycles. The predicted octanol–water partition coefficient (Wildman–Crippen LogP) is 3.34. The Kier molecular flexibility index (Phi) is 4.58. The van der Waals surface area contributed by atoms with Crippen LogP contribution >= 0.6 is 11.6 Å². The van der Waals surface area contributed by atoms with E-state index in [1.54, 1.807) is 30.7 Å². The third-order valence-electron chi connectivity index (χ3n) is 2.73. The number of aromatic nitrogens is 2. The van der Waals surface area contributed by atoms with Crippen molar-refractivity contribution in [2.24, 2.45) is 0 Å². The summed E-state index contributed by atoms with van der Waals surface area (Å²) in [4.78, 5) is 14.7. The standard InChI is InChI=1S/C14H15ClN2O2/c1-2-5-17-10-16-7-12(17)9-19-14-4-3-11(8-18)6-13(14)15/h3-4,6-8,10H,2,5,9H2,1H3. The average molecular weight is 279 g/mol. The van der Waals surface area contributed by atoms with Gasteiger partial charge in [-0.25, -0.2) is 4.98 Å². The van der Waals surface area contributed by atoms with Gasteiger partial charge in [0.2, 0.25) is 0 Å². The van der Waals surface area contributed by atoms with Crippen LogP contribution in [-0.4, -0.2) is 15.8 Å². The minimum absolute atomic E-state index is 0.403. The van der Waals surface area contributed by atoms with E-state index in [2.05, 4.69) is 11.9 Å². The summed E-state index contributed by atoms with van der Waals surface area (Å²) >= 11 is 6.04. The monoisotopic (exact) mass is 278 g/mol. The molecule has 100 valence electrons. The number of imidazole rings is 1. The molecule has 5 heteroatoms. The van der Waals surface area contributed by atoms with E-state index in [1.807, 2.05) is 4.57 Å². The Balaban J connectivity index is 2.06. The first-order chi connectivity index (χ1) is 9.24. The fourth-order valence-electron chi connectivity index (χ4n) is 1.77. The van der Waals surface area contributed by atoms with Crippen molar-refractivity contribution in [3.05, 3.63) is 47.0 Å². The molecule has 0 aliphatic heterocycles. The normalized spacial score (nSPS) is 10.4. The Morgan fingerprint density at radius 3 is 3.00 bits per heavy atom. The van der Waals surface area contributed by atoms with Gasteiger partial charge in [-0.15, -0.1) is 0 Å². The lowest BCUT2D eigenvalue weighted by Gasteiger charge is -2.10. The molecule has 0 spiro atoms. The van der Waals surface area contributed by atoms with Gasteiger partial charge in [0.1, 0.15) is 18.6 Å². The maximum Gasteiger partial charge on any atom is 0.150 e. The van der Waals surface area contributed by atoms with Crippen LogP contribution in [0.1, 0.15) is 29.4 Å². The van der Waals surface area contributed by atoms with Crippen LogP contribution in [0.3, 0.4) is 0 Å². The Hall–Kier alpha value is -1.81. The molecule has 0 aliphatic rings. The fourth-order valence-corrected chi connectivity index (χ4v) is 2.01. The number of rotatable bonds is 6. The molecule has 0 radical (unpaired) electrons. The van der Waals surface area contributed by atoms with E-state index in [1.165, 1.54) is 0 Å². The quantitative estimate of drug-likeness (QED) is 0.761. The lowest BCUT2D eigenvalue weighted by atomic mass is 10.2. The number of aldehydes is 1. The van der Waals surface area contributed by atoms with Crippen LogP contribution < -0.4 is 4.74 Å². The van der Waals surface area contributed by atoms with Gasteiger partial charge in [-0.3, -0.25) is 4.79 Å². The molecule has 4 nitrogen and oxygen atoms in total. The number of halogens is 1. The predicted molar refractivity (Wildman–Crippen MR) is 73.7 cm³/mol. The van der Waals surface area contributed by atoms with Gasteiger partial charge in [-0.2, -0.15) is 0 Å². The van der Waals surface area contributed by atoms with E-state index in [4.69, 9.17) is 16.3 Å². The molecule has 0 atom stereocenters. The number of hydrogen-bond donors (Lipinski definition) is 0. The van der Waals surface area contributed by atoms with Gasteiger partial charge in [0.15, 0.2) is 0 Å². The van der Waals surface area contributed by atoms with Crippen LogP contribution in [0.5, 0.6) is 5.75 Å². The van der Waals surface area contributed by atoms with Crippen molar-refractivity contribution in [1.82, 2.24) is 9.55 Å². The molecule has 0 bridgehead atoms. The first kappa shape index (κ1) is 13.6. The van der Waals surface area contributed by atoms with Gasteiger partial charge < -0.3 is 9.30 Å². The summed E-state index contributed by atoms with van der Waals surface area (Å²) in [6.45, 7) is 3.43. The largest absolute Gasteiger partial charge is 0.486 e. The van der Waals surface area contributed by atoms with Crippen LogP contribution in [0, 0.1) is 0 Å². The van der Waals surface area contributed by atoms with Crippen molar-refractivity contribution in [2.75, 3.05) is 0 Å². The van der Waals surface area contributed by atoms with Crippen molar-refractivity contribution in [1.29, 1.82) is 0 Å². The van der Waals surface area contributed by atoms with Crippen molar-refractivity contribution in [2.45, 2.75) is 26.5 Å². The van der Waals surface area contributed by atoms with Gasteiger partial charge in [0.05, 0.1) is 23.2 Å². The molecule has 0 amide bonds. The summed E-state index contributed by atoms with van der Waals surface area (Å²) in [6.07, 6.45) is 5.37. The Bertz CT molecular complexity index is 566. The first-order valence-electron chi connectivity index (χ1n) is 6.11. The number of hydrogen-bond acceptors (Lipinski definition) is 3. The molecule has 1 aromatic carbocycles. The second-order valence-electron chi connectivity index (χ2n) is 4.17. The highest BCUT2D eigenvalue weighted by Crippen LogP contribution is 2.25. The minimum Gasteiger partial charge on any atom is -0.486 e. The second kappa shape index (κ2) is 6.38. The van der Waals surface area contributed by atoms with Crippen molar-refractivity contribution in [3.63, 3.8) is 0 Å². The van der Waals surface area contributed by atoms with Gasteiger partial charge in [0.25, 0.3) is 0 Å². The van der Waals surface area contributed by atoms with E-state index in [0.717, 1.165) is 24.9 Å². The molecule has 19 heavy (non-hydrogen) atoms. The highest BCUT2D eigenvalue weighted by atomic mass is 35.5. The average Bonchev–Trinajstić information content (AvgIpc) is 2.85. The number of ether oxygens (including phenoxy) is 1. The number of benzene rings is 1. The summed E-state index contributed by atoms with van der Waals surface area (Å²) in [5, 5.41) is 0.436. The van der Waals surface area contributed by atoms with Gasteiger partial charge in [0, 0.05) is 12.1 Å². The van der Waals surface area contributed by atoms with Gasteiger partial charge in [-0.1, -0.05) is 18.5 Å². The molecule has 0 saturated heterocycles. The van der Waals surface area contributed by atoms with Gasteiger partial charge in [-0.05, 0) is 24.6 Å². The van der Waals surface area contributed by atoms with Gasteiger partial charge >= 0.3 is 0 Å². The molecule has 0 aliphatic carbocycles. The molecule has 0 unspecified atom stereocenters. The van der Waals surface area contributed by atoms with E-state index in [-0.39, 0.29) is 0 Å².